The summed E-state index contributed by atoms with van der Waals surface area (Å²) in [5, 5.41) is 2.62. The predicted octanol–water partition coefficient (Wildman–Crippen LogP) is 2.79. The maximum atomic E-state index is 11.7. The molecule has 1 aromatic carbocycles. The molecule has 17 heavy (non-hydrogen) atoms. The summed E-state index contributed by atoms with van der Waals surface area (Å²) in [6.45, 7) is 5.57. The van der Waals surface area contributed by atoms with E-state index in [2.05, 4.69) is 21.2 Å². The van der Waals surface area contributed by atoms with Crippen molar-refractivity contribution in [3.63, 3.8) is 0 Å². The first kappa shape index (κ1) is 13.9. The Morgan fingerprint density at radius 3 is 2.18 bits per heavy atom. The van der Waals surface area contributed by atoms with Crippen LogP contribution in [0, 0.1) is 5.41 Å². The van der Waals surface area contributed by atoms with Crippen molar-refractivity contribution in [2.24, 2.45) is 5.41 Å². The highest BCUT2D eigenvalue weighted by molar-refractivity contribution is 9.10. The SMILES string of the molecule is CC(C)(C)C(=O)CNC(=O)c1ccc(Br)cc1. The van der Waals surface area contributed by atoms with Crippen LogP contribution in [0.2, 0.25) is 0 Å². The van der Waals surface area contributed by atoms with Crippen molar-refractivity contribution in [3.05, 3.63) is 34.3 Å². The summed E-state index contributed by atoms with van der Waals surface area (Å²) in [4.78, 5) is 23.3. The Morgan fingerprint density at radius 2 is 1.71 bits per heavy atom. The van der Waals surface area contributed by atoms with Gasteiger partial charge in [-0.1, -0.05) is 36.7 Å². The molecule has 0 saturated heterocycles. The maximum absolute atomic E-state index is 11.7. The van der Waals surface area contributed by atoms with Crippen LogP contribution in [0.4, 0.5) is 0 Å². The van der Waals surface area contributed by atoms with E-state index in [4.69, 9.17) is 0 Å². The lowest BCUT2D eigenvalue weighted by molar-refractivity contribution is -0.125. The van der Waals surface area contributed by atoms with Crippen molar-refractivity contribution < 1.29 is 9.59 Å². The van der Waals surface area contributed by atoms with Gasteiger partial charge in [-0.05, 0) is 24.3 Å². The average molecular weight is 298 g/mol. The van der Waals surface area contributed by atoms with Gasteiger partial charge in [0.2, 0.25) is 0 Å². The van der Waals surface area contributed by atoms with Gasteiger partial charge in [0.15, 0.2) is 5.78 Å². The van der Waals surface area contributed by atoms with Crippen LogP contribution in [-0.4, -0.2) is 18.2 Å². The number of halogens is 1. The minimum absolute atomic E-state index is 0.0166. The van der Waals surface area contributed by atoms with Crippen molar-refractivity contribution in [3.8, 4) is 0 Å². The number of carbonyl (C=O) groups excluding carboxylic acids is 2. The molecule has 1 amide bonds. The molecule has 0 atom stereocenters. The Hall–Kier alpha value is -1.16. The van der Waals surface area contributed by atoms with E-state index in [0.29, 0.717) is 5.56 Å². The average Bonchev–Trinajstić information content (AvgIpc) is 2.25. The summed E-state index contributed by atoms with van der Waals surface area (Å²) >= 11 is 3.30. The predicted molar refractivity (Wildman–Crippen MR) is 70.9 cm³/mol. The zero-order valence-corrected chi connectivity index (χ0v) is 11.8. The molecule has 1 aromatic rings. The molecule has 0 aliphatic rings. The lowest BCUT2D eigenvalue weighted by Gasteiger charge is -2.16. The molecule has 1 rings (SSSR count). The molecule has 0 aliphatic heterocycles. The van der Waals surface area contributed by atoms with E-state index in [0.717, 1.165) is 4.47 Å². The third kappa shape index (κ3) is 4.30. The van der Waals surface area contributed by atoms with Crippen LogP contribution in [0.1, 0.15) is 31.1 Å². The molecule has 0 saturated carbocycles. The minimum atomic E-state index is -0.424. The topological polar surface area (TPSA) is 46.2 Å². The molecule has 3 nitrogen and oxygen atoms in total. The number of nitrogens with one attached hydrogen (secondary N) is 1. The summed E-state index contributed by atoms with van der Waals surface area (Å²) in [7, 11) is 0. The van der Waals surface area contributed by atoms with Crippen LogP contribution < -0.4 is 5.32 Å². The van der Waals surface area contributed by atoms with Crippen LogP contribution in [0.15, 0.2) is 28.7 Å². The second kappa shape index (κ2) is 5.45. The van der Waals surface area contributed by atoms with Gasteiger partial charge in [-0.15, -0.1) is 0 Å². The molecule has 0 unspecified atom stereocenters. The first-order valence-corrected chi connectivity index (χ1v) is 6.17. The monoisotopic (exact) mass is 297 g/mol. The van der Waals surface area contributed by atoms with Crippen molar-refractivity contribution >= 4 is 27.6 Å². The Bertz CT molecular complexity index is 418. The number of benzene rings is 1. The summed E-state index contributed by atoms with van der Waals surface area (Å²) in [6.07, 6.45) is 0. The number of amides is 1. The van der Waals surface area contributed by atoms with Crippen LogP contribution in [-0.2, 0) is 4.79 Å². The van der Waals surface area contributed by atoms with Crippen molar-refractivity contribution in [1.82, 2.24) is 5.32 Å². The Labute approximate surface area is 110 Å². The third-order valence-corrected chi connectivity index (χ3v) is 2.88. The van der Waals surface area contributed by atoms with Gasteiger partial charge in [0.05, 0.1) is 6.54 Å². The highest BCUT2D eigenvalue weighted by atomic mass is 79.9. The second-order valence-corrected chi connectivity index (χ2v) is 5.78. The summed E-state index contributed by atoms with van der Waals surface area (Å²) in [5.74, 6) is -0.210. The minimum Gasteiger partial charge on any atom is -0.345 e. The van der Waals surface area contributed by atoms with E-state index in [1.807, 2.05) is 20.8 Å². The van der Waals surface area contributed by atoms with Crippen LogP contribution >= 0.6 is 15.9 Å². The smallest absolute Gasteiger partial charge is 0.251 e. The van der Waals surface area contributed by atoms with Crippen molar-refractivity contribution in [2.75, 3.05) is 6.54 Å². The standard InChI is InChI=1S/C13H16BrNO2/c1-13(2,3)11(16)8-15-12(17)9-4-6-10(14)7-5-9/h4-7H,8H2,1-3H3,(H,15,17). The van der Waals surface area contributed by atoms with Gasteiger partial charge in [-0.2, -0.15) is 0 Å². The number of Topliss-reactive ketones (excluding diaryl/α,β-unsaturated/α-hetero) is 1. The van der Waals surface area contributed by atoms with Gasteiger partial charge in [0, 0.05) is 15.5 Å². The molecule has 0 aromatic heterocycles. The Balaban J connectivity index is 2.56. The van der Waals surface area contributed by atoms with Gasteiger partial charge in [-0.3, -0.25) is 9.59 Å². The number of carbonyl (C=O) groups is 2. The first-order chi connectivity index (χ1) is 7.80. The lowest BCUT2D eigenvalue weighted by Crippen LogP contribution is -2.35. The zero-order chi connectivity index (χ0) is 13.1. The van der Waals surface area contributed by atoms with Crippen LogP contribution in [0.3, 0.4) is 0 Å². The molecule has 0 bridgehead atoms. The summed E-state index contributed by atoms with van der Waals surface area (Å²) in [5.41, 5.74) is 0.127. The second-order valence-electron chi connectivity index (χ2n) is 4.86. The first-order valence-electron chi connectivity index (χ1n) is 5.38. The quantitative estimate of drug-likeness (QED) is 0.932. The number of rotatable bonds is 3. The maximum Gasteiger partial charge on any atom is 0.251 e. The number of ketones is 1. The molecule has 0 heterocycles. The lowest BCUT2D eigenvalue weighted by atomic mass is 9.91. The molecule has 0 radical (unpaired) electrons. The number of hydrogen-bond acceptors (Lipinski definition) is 2. The van der Waals surface area contributed by atoms with Gasteiger partial charge in [0.1, 0.15) is 0 Å². The van der Waals surface area contributed by atoms with E-state index in [1.54, 1.807) is 24.3 Å². The molecule has 1 N–H and O–H groups in total. The molecule has 0 aliphatic carbocycles. The van der Waals surface area contributed by atoms with Crippen molar-refractivity contribution in [2.45, 2.75) is 20.8 Å². The molecule has 0 spiro atoms. The number of hydrogen-bond donors (Lipinski definition) is 1. The van der Waals surface area contributed by atoms with Crippen molar-refractivity contribution in [1.29, 1.82) is 0 Å². The van der Waals surface area contributed by atoms with Crippen LogP contribution in [0.5, 0.6) is 0 Å². The fourth-order valence-electron chi connectivity index (χ4n) is 1.13. The van der Waals surface area contributed by atoms with E-state index in [-0.39, 0.29) is 18.2 Å². The Kier molecular flexibility index (Phi) is 4.46. The fraction of sp³-hybridized carbons (Fsp3) is 0.385. The summed E-state index contributed by atoms with van der Waals surface area (Å²) < 4.78 is 0.916. The molecule has 0 fully saturated rings. The van der Waals surface area contributed by atoms with E-state index >= 15 is 0 Å². The Morgan fingerprint density at radius 1 is 1.18 bits per heavy atom. The van der Waals surface area contributed by atoms with Gasteiger partial charge < -0.3 is 5.32 Å². The molecular weight excluding hydrogens is 282 g/mol. The van der Waals surface area contributed by atoms with E-state index in [9.17, 15) is 9.59 Å². The highest BCUT2D eigenvalue weighted by Crippen LogP contribution is 2.14. The normalized spacial score (nSPS) is 11.1. The highest BCUT2D eigenvalue weighted by Gasteiger charge is 2.21. The molecule has 4 heteroatoms. The van der Waals surface area contributed by atoms with Gasteiger partial charge in [0.25, 0.3) is 5.91 Å². The summed E-state index contributed by atoms with van der Waals surface area (Å²) in [6, 6.07) is 7.00. The van der Waals surface area contributed by atoms with E-state index in [1.165, 1.54) is 0 Å². The largest absolute Gasteiger partial charge is 0.345 e. The third-order valence-electron chi connectivity index (χ3n) is 2.35. The van der Waals surface area contributed by atoms with Gasteiger partial charge in [-0.25, -0.2) is 0 Å². The van der Waals surface area contributed by atoms with Gasteiger partial charge >= 0.3 is 0 Å². The fourth-order valence-corrected chi connectivity index (χ4v) is 1.39. The van der Waals surface area contributed by atoms with Crippen LogP contribution in [0.25, 0.3) is 0 Å². The molecule has 92 valence electrons. The molecular formula is C13H16BrNO2. The van der Waals surface area contributed by atoms with E-state index < -0.39 is 5.41 Å². The zero-order valence-electron chi connectivity index (χ0n) is 10.2.